The lowest BCUT2D eigenvalue weighted by molar-refractivity contribution is -0.122. The molecule has 3 rings (SSSR count). The van der Waals surface area contributed by atoms with Gasteiger partial charge in [0, 0.05) is 12.1 Å². The Hall–Kier alpha value is -2.85. The molecule has 0 aromatic heterocycles. The van der Waals surface area contributed by atoms with Gasteiger partial charge in [-0.1, -0.05) is 60.2 Å². The van der Waals surface area contributed by atoms with Gasteiger partial charge >= 0.3 is 0 Å². The number of nitrogens with zero attached hydrogens (tertiary/aromatic N) is 1. The zero-order valence-corrected chi connectivity index (χ0v) is 17.0. The summed E-state index contributed by atoms with van der Waals surface area (Å²) >= 11 is 0. The molecule has 0 aliphatic carbocycles. The van der Waals surface area contributed by atoms with E-state index in [-0.39, 0.29) is 11.9 Å². The monoisotopic (exact) mass is 376 g/mol. The molecule has 0 saturated carbocycles. The zero-order chi connectivity index (χ0) is 20.1. The fraction of sp³-hybridized carbons (Fsp3) is 0.292. The third-order valence-corrected chi connectivity index (χ3v) is 4.96. The zero-order valence-electron chi connectivity index (χ0n) is 17.0. The average Bonchev–Trinajstić information content (AvgIpc) is 2.67. The van der Waals surface area contributed by atoms with Crippen LogP contribution >= 0.6 is 0 Å². The number of ether oxygens (including phenoxy) is 1. The number of nitrogens with one attached hydrogen (secondary N) is 1. The Kier molecular flexibility index (Phi) is 6.32. The van der Waals surface area contributed by atoms with Crippen LogP contribution < -0.4 is 10.1 Å². The fourth-order valence-corrected chi connectivity index (χ4v) is 3.62. The molecule has 4 heteroatoms. The highest BCUT2D eigenvalue weighted by Gasteiger charge is 2.15. The topological polar surface area (TPSA) is 41.6 Å². The first-order chi connectivity index (χ1) is 13.5. The number of hydrogen-bond donors (Lipinski definition) is 1. The summed E-state index contributed by atoms with van der Waals surface area (Å²) in [6.07, 6.45) is 0. The van der Waals surface area contributed by atoms with E-state index in [4.69, 9.17) is 4.74 Å². The van der Waals surface area contributed by atoms with Crippen LogP contribution in [0.1, 0.15) is 29.7 Å². The maximum absolute atomic E-state index is 12.6. The second-order valence-corrected chi connectivity index (χ2v) is 7.35. The molecule has 0 bridgehead atoms. The van der Waals surface area contributed by atoms with Crippen molar-refractivity contribution in [3.8, 4) is 5.75 Å². The molecule has 28 heavy (non-hydrogen) atoms. The number of hydrogen-bond acceptors (Lipinski definition) is 3. The molecule has 146 valence electrons. The van der Waals surface area contributed by atoms with Crippen LogP contribution in [0.2, 0.25) is 0 Å². The van der Waals surface area contributed by atoms with Gasteiger partial charge in [-0.25, -0.2) is 0 Å². The number of benzene rings is 3. The lowest BCUT2D eigenvalue weighted by Crippen LogP contribution is -2.36. The van der Waals surface area contributed by atoms with E-state index in [1.807, 2.05) is 49.2 Å². The summed E-state index contributed by atoms with van der Waals surface area (Å²) in [5.74, 6) is 0.858. The Balaban J connectivity index is 1.64. The highest BCUT2D eigenvalue weighted by molar-refractivity contribution is 5.87. The molecule has 0 fully saturated rings. The Bertz CT molecular complexity index is 962. The summed E-state index contributed by atoms with van der Waals surface area (Å²) in [5, 5.41) is 5.49. The number of fused-ring (bicyclic) bond motifs is 1. The summed E-state index contributed by atoms with van der Waals surface area (Å²) < 4.78 is 5.44. The smallest absolute Gasteiger partial charge is 0.234 e. The number of carbonyl (C=O) groups is 1. The first-order valence-corrected chi connectivity index (χ1v) is 9.57. The van der Waals surface area contributed by atoms with Crippen molar-refractivity contribution in [1.82, 2.24) is 10.2 Å². The molecule has 1 atom stereocenters. The van der Waals surface area contributed by atoms with Crippen molar-refractivity contribution in [2.75, 3.05) is 20.7 Å². The predicted molar refractivity (Wildman–Crippen MR) is 115 cm³/mol. The van der Waals surface area contributed by atoms with Gasteiger partial charge in [0.25, 0.3) is 0 Å². The SMILES string of the molecule is COc1ccc(C)cc1CN(C)CC(=O)N[C@@H](C)c1cccc2ccccc12. The largest absolute Gasteiger partial charge is 0.496 e. The van der Waals surface area contributed by atoms with E-state index in [2.05, 4.69) is 42.6 Å². The third kappa shape index (κ3) is 4.70. The van der Waals surface area contributed by atoms with Crippen LogP contribution in [0.3, 0.4) is 0 Å². The lowest BCUT2D eigenvalue weighted by Gasteiger charge is -2.21. The normalized spacial score (nSPS) is 12.2. The summed E-state index contributed by atoms with van der Waals surface area (Å²) in [5.41, 5.74) is 3.40. The third-order valence-electron chi connectivity index (χ3n) is 4.96. The molecule has 1 N–H and O–H groups in total. The van der Waals surface area contributed by atoms with Crippen molar-refractivity contribution >= 4 is 16.7 Å². The molecule has 1 amide bonds. The van der Waals surface area contributed by atoms with Crippen molar-refractivity contribution in [3.05, 3.63) is 77.4 Å². The van der Waals surface area contributed by atoms with Crippen LogP contribution in [0, 0.1) is 6.92 Å². The Morgan fingerprint density at radius 3 is 2.64 bits per heavy atom. The minimum atomic E-state index is -0.0551. The van der Waals surface area contributed by atoms with E-state index >= 15 is 0 Å². The van der Waals surface area contributed by atoms with Gasteiger partial charge in [-0.2, -0.15) is 0 Å². The van der Waals surface area contributed by atoms with E-state index < -0.39 is 0 Å². The van der Waals surface area contributed by atoms with E-state index in [9.17, 15) is 4.79 Å². The van der Waals surface area contributed by atoms with Crippen molar-refractivity contribution in [2.45, 2.75) is 26.4 Å². The number of aryl methyl sites for hydroxylation is 1. The second kappa shape index (κ2) is 8.89. The molecular weight excluding hydrogens is 348 g/mol. The first kappa shape index (κ1) is 19.9. The summed E-state index contributed by atoms with van der Waals surface area (Å²) in [7, 11) is 3.62. The maximum Gasteiger partial charge on any atom is 0.234 e. The maximum atomic E-state index is 12.6. The van der Waals surface area contributed by atoms with Crippen molar-refractivity contribution in [3.63, 3.8) is 0 Å². The number of rotatable bonds is 7. The van der Waals surface area contributed by atoms with E-state index in [1.54, 1.807) is 7.11 Å². The van der Waals surface area contributed by atoms with Crippen molar-refractivity contribution in [1.29, 1.82) is 0 Å². The van der Waals surface area contributed by atoms with Crippen LogP contribution in [-0.2, 0) is 11.3 Å². The Morgan fingerprint density at radius 2 is 1.86 bits per heavy atom. The van der Waals surface area contributed by atoms with Gasteiger partial charge in [-0.05, 0) is 43.3 Å². The van der Waals surface area contributed by atoms with Gasteiger partial charge in [0.15, 0.2) is 0 Å². The molecule has 4 nitrogen and oxygen atoms in total. The Labute approximate surface area is 167 Å². The fourth-order valence-electron chi connectivity index (χ4n) is 3.62. The molecule has 3 aromatic rings. The van der Waals surface area contributed by atoms with Gasteiger partial charge in [0.2, 0.25) is 5.91 Å². The quantitative estimate of drug-likeness (QED) is 0.662. The summed E-state index contributed by atoms with van der Waals surface area (Å²) in [6, 6.07) is 20.5. The van der Waals surface area contributed by atoms with Gasteiger partial charge in [-0.3, -0.25) is 9.69 Å². The van der Waals surface area contributed by atoms with Crippen LogP contribution in [-0.4, -0.2) is 31.5 Å². The minimum absolute atomic E-state index is 0.00885. The highest BCUT2D eigenvalue weighted by atomic mass is 16.5. The molecule has 0 radical (unpaired) electrons. The molecule has 3 aromatic carbocycles. The van der Waals surface area contributed by atoms with Crippen LogP contribution in [0.5, 0.6) is 5.75 Å². The standard InChI is InChI=1S/C24H28N2O2/c1-17-12-13-23(28-4)20(14-17)15-26(3)16-24(27)25-18(2)21-11-7-9-19-8-5-6-10-22(19)21/h5-14,18H,15-16H2,1-4H3,(H,25,27)/t18-/m0/s1. The molecule has 0 unspecified atom stereocenters. The van der Waals surface area contributed by atoms with Crippen molar-refractivity contribution < 1.29 is 9.53 Å². The van der Waals surface area contributed by atoms with E-state index in [1.165, 1.54) is 16.3 Å². The van der Waals surface area contributed by atoms with Crippen LogP contribution in [0.4, 0.5) is 0 Å². The molecular formula is C24H28N2O2. The predicted octanol–water partition coefficient (Wildman–Crippen LogP) is 4.47. The Morgan fingerprint density at radius 1 is 1.11 bits per heavy atom. The first-order valence-electron chi connectivity index (χ1n) is 9.57. The van der Waals surface area contributed by atoms with E-state index in [0.29, 0.717) is 13.1 Å². The van der Waals surface area contributed by atoms with E-state index in [0.717, 1.165) is 16.9 Å². The summed E-state index contributed by atoms with van der Waals surface area (Å²) in [6.45, 7) is 5.07. The average molecular weight is 377 g/mol. The number of methoxy groups -OCH3 is 1. The molecule has 0 saturated heterocycles. The highest BCUT2D eigenvalue weighted by Crippen LogP contribution is 2.24. The second-order valence-electron chi connectivity index (χ2n) is 7.35. The number of likely N-dealkylation sites (N-methyl/N-ethyl adjacent to an activating group) is 1. The van der Waals surface area contributed by atoms with Crippen LogP contribution in [0.25, 0.3) is 10.8 Å². The molecule has 0 spiro atoms. The molecule has 0 aliphatic rings. The van der Waals surface area contributed by atoms with Gasteiger partial charge in [-0.15, -0.1) is 0 Å². The van der Waals surface area contributed by atoms with Gasteiger partial charge in [0.1, 0.15) is 5.75 Å². The van der Waals surface area contributed by atoms with Gasteiger partial charge < -0.3 is 10.1 Å². The summed E-state index contributed by atoms with van der Waals surface area (Å²) in [4.78, 5) is 14.6. The minimum Gasteiger partial charge on any atom is -0.496 e. The molecule has 0 aliphatic heterocycles. The van der Waals surface area contributed by atoms with Crippen molar-refractivity contribution in [2.24, 2.45) is 0 Å². The lowest BCUT2D eigenvalue weighted by atomic mass is 10.00. The molecule has 0 heterocycles. The number of carbonyl (C=O) groups excluding carboxylic acids is 1. The number of amides is 1. The van der Waals surface area contributed by atoms with Crippen LogP contribution in [0.15, 0.2) is 60.7 Å². The van der Waals surface area contributed by atoms with Gasteiger partial charge in [0.05, 0.1) is 19.7 Å².